The summed E-state index contributed by atoms with van der Waals surface area (Å²) in [6, 6.07) is 0.249. The fraction of sp³-hybridized carbons (Fsp3) is 0.733. The summed E-state index contributed by atoms with van der Waals surface area (Å²) in [5.74, 6) is -1.83. The molecule has 5 heteroatoms. The van der Waals surface area contributed by atoms with E-state index in [1.165, 1.54) is 0 Å². The van der Waals surface area contributed by atoms with Crippen molar-refractivity contribution >= 4 is 11.9 Å². The molecule has 112 valence electrons. The van der Waals surface area contributed by atoms with Crippen molar-refractivity contribution in [2.45, 2.75) is 31.7 Å². The van der Waals surface area contributed by atoms with Crippen molar-refractivity contribution in [3.8, 4) is 0 Å². The third-order valence-corrected chi connectivity index (χ3v) is 4.65. The zero-order valence-electron chi connectivity index (χ0n) is 12.3. The van der Waals surface area contributed by atoms with Crippen LogP contribution in [0.15, 0.2) is 12.2 Å². The van der Waals surface area contributed by atoms with Gasteiger partial charge in [-0.2, -0.15) is 0 Å². The normalized spacial score (nSPS) is 28.3. The number of rotatable bonds is 3. The average Bonchev–Trinajstić information content (AvgIpc) is 2.46. The summed E-state index contributed by atoms with van der Waals surface area (Å²) >= 11 is 0. The molecular formula is C15H24N2O3. The Morgan fingerprint density at radius 3 is 2.25 bits per heavy atom. The van der Waals surface area contributed by atoms with Gasteiger partial charge in [0.25, 0.3) is 0 Å². The molecule has 2 aliphatic rings. The van der Waals surface area contributed by atoms with E-state index in [1.54, 1.807) is 4.90 Å². The van der Waals surface area contributed by atoms with E-state index in [1.807, 2.05) is 19.2 Å². The minimum absolute atomic E-state index is 0.00342. The van der Waals surface area contributed by atoms with Gasteiger partial charge in [-0.05, 0) is 45.8 Å². The van der Waals surface area contributed by atoms with E-state index in [9.17, 15) is 14.7 Å². The van der Waals surface area contributed by atoms with E-state index in [-0.39, 0.29) is 11.9 Å². The maximum absolute atomic E-state index is 12.6. The second-order valence-electron chi connectivity index (χ2n) is 5.98. The maximum atomic E-state index is 12.6. The molecule has 2 atom stereocenters. The number of carboxylic acids is 1. The van der Waals surface area contributed by atoms with Gasteiger partial charge in [-0.15, -0.1) is 0 Å². The second-order valence-corrected chi connectivity index (χ2v) is 5.98. The predicted octanol–water partition coefficient (Wildman–Crippen LogP) is 1.21. The summed E-state index contributed by atoms with van der Waals surface area (Å²) in [7, 11) is 3.92. The molecule has 1 aliphatic heterocycles. The number of hydrogen-bond acceptors (Lipinski definition) is 3. The van der Waals surface area contributed by atoms with E-state index in [0.717, 1.165) is 25.9 Å². The summed E-state index contributed by atoms with van der Waals surface area (Å²) in [5, 5.41) is 9.27. The standard InChI is InChI=1S/C15H24N2O3/c1-16-9-7-11(8-10-16)17(2)14(18)12-5-3-4-6-13(12)15(19)20/h3-4,11-13H,5-10H2,1-2H3,(H,19,20). The summed E-state index contributed by atoms with van der Waals surface area (Å²) < 4.78 is 0. The molecule has 1 fully saturated rings. The Hall–Kier alpha value is -1.36. The minimum atomic E-state index is -0.857. The number of amides is 1. The smallest absolute Gasteiger partial charge is 0.307 e. The number of carbonyl (C=O) groups excluding carboxylic acids is 1. The molecule has 0 radical (unpaired) electrons. The fourth-order valence-corrected chi connectivity index (χ4v) is 3.18. The largest absolute Gasteiger partial charge is 0.481 e. The van der Waals surface area contributed by atoms with Gasteiger partial charge in [0.1, 0.15) is 0 Å². The Balaban J connectivity index is 2.02. The molecule has 1 N–H and O–H groups in total. The van der Waals surface area contributed by atoms with E-state index in [0.29, 0.717) is 12.8 Å². The summed E-state index contributed by atoms with van der Waals surface area (Å²) in [6.45, 7) is 1.99. The van der Waals surface area contributed by atoms with Gasteiger partial charge in [0.15, 0.2) is 0 Å². The molecule has 0 saturated carbocycles. The second kappa shape index (κ2) is 6.39. The molecule has 0 aromatic carbocycles. The van der Waals surface area contributed by atoms with Crippen LogP contribution >= 0.6 is 0 Å². The maximum Gasteiger partial charge on any atom is 0.307 e. The topological polar surface area (TPSA) is 60.9 Å². The zero-order chi connectivity index (χ0) is 14.7. The lowest BCUT2D eigenvalue weighted by Crippen LogP contribution is -2.48. The highest BCUT2D eigenvalue weighted by atomic mass is 16.4. The number of nitrogens with zero attached hydrogens (tertiary/aromatic N) is 2. The van der Waals surface area contributed by atoms with Crippen molar-refractivity contribution in [1.29, 1.82) is 0 Å². The minimum Gasteiger partial charge on any atom is -0.481 e. The Labute approximate surface area is 120 Å². The van der Waals surface area contributed by atoms with E-state index in [4.69, 9.17) is 0 Å². The average molecular weight is 280 g/mol. The van der Waals surface area contributed by atoms with Crippen LogP contribution in [0, 0.1) is 11.8 Å². The van der Waals surface area contributed by atoms with Crippen molar-refractivity contribution in [3.63, 3.8) is 0 Å². The van der Waals surface area contributed by atoms with E-state index >= 15 is 0 Å². The number of carbonyl (C=O) groups is 2. The molecule has 0 aromatic heterocycles. The van der Waals surface area contributed by atoms with Crippen LogP contribution in [0.4, 0.5) is 0 Å². The number of carboxylic acid groups (broad SMARTS) is 1. The molecular weight excluding hydrogens is 256 g/mol. The van der Waals surface area contributed by atoms with Crippen LogP contribution in [0.2, 0.25) is 0 Å². The first-order valence-corrected chi connectivity index (χ1v) is 7.33. The van der Waals surface area contributed by atoms with Crippen LogP contribution in [0.5, 0.6) is 0 Å². The lowest BCUT2D eigenvalue weighted by atomic mass is 9.81. The molecule has 0 spiro atoms. The molecule has 5 nitrogen and oxygen atoms in total. The molecule has 0 bridgehead atoms. The summed E-state index contributed by atoms with van der Waals surface area (Å²) in [5.41, 5.74) is 0. The first kappa shape index (κ1) is 15.0. The molecule has 20 heavy (non-hydrogen) atoms. The van der Waals surface area contributed by atoms with Gasteiger partial charge in [-0.3, -0.25) is 9.59 Å². The van der Waals surface area contributed by atoms with Gasteiger partial charge < -0.3 is 14.9 Å². The van der Waals surface area contributed by atoms with Crippen LogP contribution in [0.25, 0.3) is 0 Å². The fourth-order valence-electron chi connectivity index (χ4n) is 3.18. The Morgan fingerprint density at radius 1 is 1.15 bits per heavy atom. The summed E-state index contributed by atoms with van der Waals surface area (Å²) in [6.07, 6.45) is 6.76. The van der Waals surface area contributed by atoms with Crippen LogP contribution < -0.4 is 0 Å². The molecule has 2 unspecified atom stereocenters. The number of allylic oxidation sites excluding steroid dienone is 2. The van der Waals surface area contributed by atoms with Crippen molar-refractivity contribution in [3.05, 3.63) is 12.2 Å². The van der Waals surface area contributed by atoms with Crippen molar-refractivity contribution in [1.82, 2.24) is 9.80 Å². The van der Waals surface area contributed by atoms with Crippen LogP contribution in [0.3, 0.4) is 0 Å². The van der Waals surface area contributed by atoms with Crippen LogP contribution in [-0.2, 0) is 9.59 Å². The highest BCUT2D eigenvalue weighted by Crippen LogP contribution is 2.29. The first-order valence-electron chi connectivity index (χ1n) is 7.33. The van der Waals surface area contributed by atoms with Gasteiger partial charge in [-0.25, -0.2) is 0 Å². The Kier molecular flexibility index (Phi) is 4.81. The highest BCUT2D eigenvalue weighted by Gasteiger charge is 2.37. The quantitative estimate of drug-likeness (QED) is 0.789. The van der Waals surface area contributed by atoms with Gasteiger partial charge in [0.2, 0.25) is 5.91 Å². The molecule has 1 amide bonds. The van der Waals surface area contributed by atoms with Crippen molar-refractivity contribution < 1.29 is 14.7 Å². The van der Waals surface area contributed by atoms with Crippen LogP contribution in [-0.4, -0.2) is 60.0 Å². The van der Waals surface area contributed by atoms with Gasteiger partial charge in [0.05, 0.1) is 11.8 Å². The SMILES string of the molecule is CN1CCC(N(C)C(=O)C2CC=CCC2C(=O)O)CC1. The van der Waals surface area contributed by atoms with Crippen molar-refractivity contribution in [2.75, 3.05) is 27.2 Å². The van der Waals surface area contributed by atoms with Gasteiger partial charge >= 0.3 is 5.97 Å². The monoisotopic (exact) mass is 280 g/mol. The zero-order valence-corrected chi connectivity index (χ0v) is 12.3. The third kappa shape index (κ3) is 3.20. The van der Waals surface area contributed by atoms with Crippen molar-refractivity contribution in [2.24, 2.45) is 11.8 Å². The Morgan fingerprint density at radius 2 is 1.70 bits per heavy atom. The highest BCUT2D eigenvalue weighted by molar-refractivity contribution is 5.85. The first-order chi connectivity index (χ1) is 9.50. The van der Waals surface area contributed by atoms with Crippen LogP contribution in [0.1, 0.15) is 25.7 Å². The Bertz CT molecular complexity index is 400. The number of hydrogen-bond donors (Lipinski definition) is 1. The van der Waals surface area contributed by atoms with E-state index < -0.39 is 17.8 Å². The predicted molar refractivity (Wildman–Crippen MR) is 76.3 cm³/mol. The third-order valence-electron chi connectivity index (χ3n) is 4.65. The summed E-state index contributed by atoms with van der Waals surface area (Å²) in [4.78, 5) is 28.0. The molecule has 0 aromatic rings. The molecule has 1 aliphatic carbocycles. The number of piperidine rings is 1. The van der Waals surface area contributed by atoms with Gasteiger partial charge in [0, 0.05) is 13.1 Å². The lowest BCUT2D eigenvalue weighted by Gasteiger charge is -2.37. The molecule has 1 heterocycles. The lowest BCUT2D eigenvalue weighted by molar-refractivity contribution is -0.151. The number of aliphatic carboxylic acids is 1. The van der Waals surface area contributed by atoms with Gasteiger partial charge in [-0.1, -0.05) is 12.2 Å². The molecule has 2 rings (SSSR count). The molecule has 1 saturated heterocycles. The van der Waals surface area contributed by atoms with E-state index in [2.05, 4.69) is 11.9 Å². The number of likely N-dealkylation sites (tertiary alicyclic amines) is 1.